The first-order chi connectivity index (χ1) is 15.8. The maximum atomic E-state index is 11.9. The van der Waals surface area contributed by atoms with Crippen molar-refractivity contribution in [1.82, 2.24) is 15.0 Å². The third-order valence-corrected chi connectivity index (χ3v) is 5.01. The van der Waals surface area contributed by atoms with E-state index in [9.17, 15) is 4.79 Å². The summed E-state index contributed by atoms with van der Waals surface area (Å²) in [6, 6.07) is 29.8. The van der Waals surface area contributed by atoms with E-state index in [-0.39, 0.29) is 18.5 Å². The van der Waals surface area contributed by atoms with Gasteiger partial charge in [0.25, 0.3) is 0 Å². The Kier molecular flexibility index (Phi) is 7.26. The molecule has 0 aliphatic carbocycles. The molecule has 6 heteroatoms. The molecule has 1 aromatic heterocycles. The number of carbonyl (C=O) groups is 1. The van der Waals surface area contributed by atoms with E-state index >= 15 is 0 Å². The quantitative estimate of drug-likeness (QED) is 0.276. The minimum atomic E-state index is -0.388. The van der Waals surface area contributed by atoms with Crippen LogP contribution in [-0.2, 0) is 16.1 Å². The van der Waals surface area contributed by atoms with Crippen LogP contribution in [-0.4, -0.2) is 34.2 Å². The molecular formula is C26H25N3O3. The molecule has 0 fully saturated rings. The van der Waals surface area contributed by atoms with Crippen molar-refractivity contribution >= 4 is 5.97 Å². The van der Waals surface area contributed by atoms with E-state index in [4.69, 9.17) is 9.47 Å². The molecule has 0 N–H and O–H groups in total. The Morgan fingerprint density at radius 1 is 0.844 bits per heavy atom. The fraction of sp³-hybridized carbons (Fsp3) is 0.192. The highest BCUT2D eigenvalue weighted by Gasteiger charge is 2.19. The molecule has 32 heavy (non-hydrogen) atoms. The molecule has 0 aliphatic rings. The number of benzene rings is 3. The summed E-state index contributed by atoms with van der Waals surface area (Å²) in [7, 11) is 0. The molecule has 0 amide bonds. The molecular weight excluding hydrogens is 402 g/mol. The third kappa shape index (κ3) is 5.82. The molecule has 0 radical (unpaired) electrons. The zero-order valence-corrected chi connectivity index (χ0v) is 17.7. The smallest absolute Gasteiger partial charge is 0.344 e. The molecule has 0 unspecified atom stereocenters. The third-order valence-electron chi connectivity index (χ3n) is 5.01. The number of ether oxygens (including phenoxy) is 2. The van der Waals surface area contributed by atoms with E-state index in [2.05, 4.69) is 34.6 Å². The van der Waals surface area contributed by atoms with Gasteiger partial charge < -0.3 is 9.47 Å². The van der Waals surface area contributed by atoms with Crippen LogP contribution < -0.4 is 4.74 Å². The fourth-order valence-corrected chi connectivity index (χ4v) is 3.49. The SMILES string of the molecule is O=C(COc1ccccc1)OCCCn1cc(C(c2ccccc2)c2ccccc2)nn1. The van der Waals surface area contributed by atoms with Gasteiger partial charge in [-0.25, -0.2) is 4.79 Å². The van der Waals surface area contributed by atoms with Gasteiger partial charge in [0.05, 0.1) is 18.2 Å². The minimum Gasteiger partial charge on any atom is -0.482 e. The van der Waals surface area contributed by atoms with E-state index in [0.29, 0.717) is 25.3 Å². The summed E-state index contributed by atoms with van der Waals surface area (Å²) in [5, 5.41) is 8.71. The second-order valence-electron chi connectivity index (χ2n) is 7.34. The predicted molar refractivity (Wildman–Crippen MR) is 121 cm³/mol. The van der Waals surface area contributed by atoms with E-state index in [0.717, 1.165) is 16.8 Å². The first-order valence-electron chi connectivity index (χ1n) is 10.6. The van der Waals surface area contributed by atoms with E-state index in [1.807, 2.05) is 60.8 Å². The van der Waals surface area contributed by atoms with Crippen molar-refractivity contribution in [3.63, 3.8) is 0 Å². The lowest BCUT2D eigenvalue weighted by molar-refractivity contribution is -0.146. The van der Waals surface area contributed by atoms with Gasteiger partial charge in [0.1, 0.15) is 5.75 Å². The first-order valence-corrected chi connectivity index (χ1v) is 10.6. The molecule has 0 saturated carbocycles. The Balaban J connectivity index is 1.30. The molecule has 0 aliphatic heterocycles. The summed E-state index contributed by atoms with van der Waals surface area (Å²) in [4.78, 5) is 11.9. The van der Waals surface area contributed by atoms with Gasteiger partial charge in [-0.3, -0.25) is 4.68 Å². The second-order valence-corrected chi connectivity index (χ2v) is 7.34. The molecule has 0 bridgehead atoms. The van der Waals surface area contributed by atoms with Crippen molar-refractivity contribution in [3.05, 3.63) is 114 Å². The Morgan fingerprint density at radius 2 is 1.44 bits per heavy atom. The summed E-state index contributed by atoms with van der Waals surface area (Å²) in [6.45, 7) is 0.802. The number of hydrogen-bond acceptors (Lipinski definition) is 5. The highest BCUT2D eigenvalue weighted by atomic mass is 16.6. The maximum absolute atomic E-state index is 11.9. The lowest BCUT2D eigenvalue weighted by atomic mass is 9.89. The monoisotopic (exact) mass is 427 g/mol. The average molecular weight is 428 g/mol. The standard InChI is InChI=1S/C26H25N3O3/c30-25(20-32-23-15-8-3-9-16-23)31-18-10-17-29-19-24(27-28-29)26(21-11-4-1-5-12-21)22-13-6-2-7-14-22/h1-9,11-16,19,26H,10,17-18,20H2. The largest absolute Gasteiger partial charge is 0.482 e. The molecule has 162 valence electrons. The van der Waals surface area contributed by atoms with Gasteiger partial charge in [-0.1, -0.05) is 84.1 Å². The fourth-order valence-electron chi connectivity index (χ4n) is 3.49. The number of hydrogen-bond donors (Lipinski definition) is 0. The number of aryl methyl sites for hydroxylation is 1. The van der Waals surface area contributed by atoms with Gasteiger partial charge in [-0.15, -0.1) is 5.10 Å². The van der Waals surface area contributed by atoms with Gasteiger partial charge in [0.15, 0.2) is 6.61 Å². The number of para-hydroxylation sites is 1. The lowest BCUT2D eigenvalue weighted by Crippen LogP contribution is -2.16. The van der Waals surface area contributed by atoms with Crippen molar-refractivity contribution in [1.29, 1.82) is 0 Å². The maximum Gasteiger partial charge on any atom is 0.344 e. The number of nitrogens with zero attached hydrogens (tertiary/aromatic N) is 3. The van der Waals surface area contributed by atoms with Gasteiger partial charge in [0, 0.05) is 19.2 Å². The van der Waals surface area contributed by atoms with Crippen molar-refractivity contribution in [2.75, 3.05) is 13.2 Å². The van der Waals surface area contributed by atoms with Crippen LogP contribution in [0.15, 0.2) is 97.2 Å². The minimum absolute atomic E-state index is 0.0131. The Bertz CT molecular complexity index is 1060. The number of carbonyl (C=O) groups excluding carboxylic acids is 1. The molecule has 0 spiro atoms. The van der Waals surface area contributed by atoms with Crippen LogP contribution >= 0.6 is 0 Å². The molecule has 4 aromatic rings. The van der Waals surface area contributed by atoms with Crippen LogP contribution in [0.2, 0.25) is 0 Å². The summed E-state index contributed by atoms with van der Waals surface area (Å²) < 4.78 is 12.4. The second kappa shape index (κ2) is 10.9. The molecule has 0 saturated heterocycles. The van der Waals surface area contributed by atoms with Crippen LogP contribution in [0.4, 0.5) is 0 Å². The van der Waals surface area contributed by atoms with Crippen molar-refractivity contribution in [2.24, 2.45) is 0 Å². The highest BCUT2D eigenvalue weighted by Crippen LogP contribution is 2.30. The Labute approximate surface area is 187 Å². The normalized spacial score (nSPS) is 10.8. The van der Waals surface area contributed by atoms with Crippen LogP contribution in [0.25, 0.3) is 0 Å². The lowest BCUT2D eigenvalue weighted by Gasteiger charge is -2.15. The zero-order valence-electron chi connectivity index (χ0n) is 17.7. The van der Waals surface area contributed by atoms with Crippen LogP contribution in [0.5, 0.6) is 5.75 Å². The molecule has 1 heterocycles. The summed E-state index contributed by atoms with van der Waals surface area (Å²) in [5.41, 5.74) is 3.21. The van der Waals surface area contributed by atoms with Gasteiger partial charge in [-0.2, -0.15) is 0 Å². The topological polar surface area (TPSA) is 66.2 Å². The van der Waals surface area contributed by atoms with E-state index < -0.39 is 0 Å². The number of aromatic nitrogens is 3. The van der Waals surface area contributed by atoms with Gasteiger partial charge >= 0.3 is 5.97 Å². The Hall–Kier alpha value is -3.93. The van der Waals surface area contributed by atoms with Gasteiger partial charge in [0.2, 0.25) is 0 Å². The average Bonchev–Trinajstić information content (AvgIpc) is 3.31. The van der Waals surface area contributed by atoms with Crippen molar-refractivity contribution in [2.45, 2.75) is 18.9 Å². The first kappa shape index (κ1) is 21.3. The van der Waals surface area contributed by atoms with Crippen LogP contribution in [0.1, 0.15) is 29.2 Å². The summed E-state index contributed by atoms with van der Waals surface area (Å²) in [6.07, 6.45) is 2.60. The molecule has 3 aromatic carbocycles. The number of rotatable bonds is 10. The summed E-state index contributed by atoms with van der Waals surface area (Å²) in [5.74, 6) is 0.270. The molecule has 6 nitrogen and oxygen atoms in total. The van der Waals surface area contributed by atoms with E-state index in [1.165, 1.54) is 0 Å². The molecule has 4 rings (SSSR count). The van der Waals surface area contributed by atoms with Crippen LogP contribution in [0, 0.1) is 0 Å². The summed E-state index contributed by atoms with van der Waals surface area (Å²) >= 11 is 0. The Morgan fingerprint density at radius 3 is 2.06 bits per heavy atom. The van der Waals surface area contributed by atoms with Crippen molar-refractivity contribution in [3.8, 4) is 5.75 Å². The van der Waals surface area contributed by atoms with E-state index in [1.54, 1.807) is 16.8 Å². The van der Waals surface area contributed by atoms with Gasteiger partial charge in [-0.05, 0) is 23.3 Å². The van der Waals surface area contributed by atoms with Crippen LogP contribution in [0.3, 0.4) is 0 Å². The van der Waals surface area contributed by atoms with Crippen molar-refractivity contribution < 1.29 is 14.3 Å². The zero-order chi connectivity index (χ0) is 22.0. The predicted octanol–water partition coefficient (Wildman–Crippen LogP) is 4.47. The highest BCUT2D eigenvalue weighted by molar-refractivity contribution is 5.71. The molecule has 0 atom stereocenters. The number of esters is 1.